The van der Waals surface area contributed by atoms with Crippen LogP contribution in [0.25, 0.3) is 10.9 Å². The van der Waals surface area contributed by atoms with Gasteiger partial charge in [0.05, 0.1) is 22.7 Å². The van der Waals surface area contributed by atoms with E-state index in [4.69, 9.17) is 5.73 Å². The number of nitrogens with one attached hydrogen (secondary N) is 1. The Morgan fingerprint density at radius 3 is 2.95 bits per heavy atom. The highest BCUT2D eigenvalue weighted by Gasteiger charge is 2.27. The molecule has 5 nitrogen and oxygen atoms in total. The molecular formula is C14H16BrN3O2S. The summed E-state index contributed by atoms with van der Waals surface area (Å²) in [6.45, 7) is 0.635. The number of anilines is 2. The van der Waals surface area contributed by atoms with Gasteiger partial charge in [-0.15, -0.1) is 0 Å². The Kier molecular flexibility index (Phi) is 3.79. The molecule has 0 radical (unpaired) electrons. The number of halogens is 1. The topological polar surface area (TPSA) is 85.1 Å². The van der Waals surface area contributed by atoms with Crippen LogP contribution in [-0.2, 0) is 9.84 Å². The summed E-state index contributed by atoms with van der Waals surface area (Å²) in [4.78, 5) is 4.41. The average molecular weight is 370 g/mol. The second kappa shape index (κ2) is 5.46. The number of rotatable bonds is 3. The van der Waals surface area contributed by atoms with E-state index in [-0.39, 0.29) is 11.7 Å². The van der Waals surface area contributed by atoms with Crippen molar-refractivity contribution in [3.05, 3.63) is 28.9 Å². The molecule has 0 bridgehead atoms. The summed E-state index contributed by atoms with van der Waals surface area (Å²) in [5.41, 5.74) is 8.34. The molecule has 1 saturated heterocycles. The number of nitrogens with zero attached hydrogens (tertiary/aromatic N) is 1. The van der Waals surface area contributed by atoms with E-state index in [1.54, 1.807) is 6.20 Å². The van der Waals surface area contributed by atoms with Crippen LogP contribution < -0.4 is 11.1 Å². The zero-order valence-electron chi connectivity index (χ0n) is 11.3. The van der Waals surface area contributed by atoms with E-state index >= 15 is 0 Å². The summed E-state index contributed by atoms with van der Waals surface area (Å²) >= 11 is 3.39. The lowest BCUT2D eigenvalue weighted by atomic mass is 10.1. The van der Waals surface area contributed by atoms with Crippen LogP contribution in [0, 0.1) is 5.92 Å². The quantitative estimate of drug-likeness (QED) is 0.811. The van der Waals surface area contributed by atoms with Crippen LogP contribution in [0.2, 0.25) is 0 Å². The van der Waals surface area contributed by atoms with E-state index in [0.29, 0.717) is 18.0 Å². The van der Waals surface area contributed by atoms with Gasteiger partial charge in [0, 0.05) is 28.3 Å². The summed E-state index contributed by atoms with van der Waals surface area (Å²) in [6, 6.07) is 5.66. The number of nitrogen functional groups attached to an aromatic ring is 1. The molecule has 1 fully saturated rings. The lowest BCUT2D eigenvalue weighted by molar-refractivity contribution is 0.596. The summed E-state index contributed by atoms with van der Waals surface area (Å²) in [7, 11) is -2.84. The monoisotopic (exact) mass is 369 g/mol. The van der Waals surface area contributed by atoms with Crippen molar-refractivity contribution in [2.75, 3.05) is 29.1 Å². The molecule has 7 heteroatoms. The third-order valence-corrected chi connectivity index (χ3v) is 6.03. The molecule has 1 unspecified atom stereocenters. The first kappa shape index (κ1) is 14.6. The second-order valence-corrected chi connectivity index (χ2v) is 8.55. The Bertz CT molecular complexity index is 792. The van der Waals surface area contributed by atoms with Crippen LogP contribution >= 0.6 is 15.9 Å². The fourth-order valence-electron chi connectivity index (χ4n) is 2.65. The first-order valence-corrected chi connectivity index (χ1v) is 9.34. The fraction of sp³-hybridized carbons (Fsp3) is 0.357. The van der Waals surface area contributed by atoms with Crippen LogP contribution in [-0.4, -0.2) is 31.5 Å². The molecule has 0 aliphatic carbocycles. The fourth-order valence-corrected chi connectivity index (χ4v) is 4.84. The van der Waals surface area contributed by atoms with Crippen molar-refractivity contribution in [2.45, 2.75) is 6.42 Å². The number of sulfone groups is 1. The SMILES string of the molecule is Nc1ccc(NCC2CCS(=O)(=O)C2)c2ncc(Br)cc12. The molecule has 1 aromatic heterocycles. The summed E-state index contributed by atoms with van der Waals surface area (Å²) in [6.07, 6.45) is 2.45. The first-order chi connectivity index (χ1) is 9.94. The highest BCUT2D eigenvalue weighted by Crippen LogP contribution is 2.29. The maximum absolute atomic E-state index is 11.5. The zero-order chi connectivity index (χ0) is 15.0. The molecule has 0 saturated carbocycles. The smallest absolute Gasteiger partial charge is 0.150 e. The normalized spacial score (nSPS) is 20.7. The third kappa shape index (κ3) is 3.13. The molecular weight excluding hydrogens is 354 g/mol. The Balaban J connectivity index is 1.83. The van der Waals surface area contributed by atoms with Gasteiger partial charge in [0.25, 0.3) is 0 Å². The van der Waals surface area contributed by atoms with Gasteiger partial charge in [-0.25, -0.2) is 8.42 Å². The molecule has 1 aromatic carbocycles. The highest BCUT2D eigenvalue weighted by molar-refractivity contribution is 9.10. The number of nitrogens with two attached hydrogens (primary N) is 1. The van der Waals surface area contributed by atoms with Crippen LogP contribution in [0.5, 0.6) is 0 Å². The van der Waals surface area contributed by atoms with E-state index in [2.05, 4.69) is 26.2 Å². The summed E-state index contributed by atoms with van der Waals surface area (Å²) in [5, 5.41) is 4.20. The van der Waals surface area contributed by atoms with Gasteiger partial charge in [0.1, 0.15) is 0 Å². The first-order valence-electron chi connectivity index (χ1n) is 6.73. The lowest BCUT2D eigenvalue weighted by Gasteiger charge is -2.13. The third-order valence-electron chi connectivity index (χ3n) is 3.76. The minimum atomic E-state index is -2.84. The largest absolute Gasteiger partial charge is 0.398 e. The molecule has 2 heterocycles. The van der Waals surface area contributed by atoms with Crippen LogP contribution in [0.3, 0.4) is 0 Å². The Morgan fingerprint density at radius 2 is 2.24 bits per heavy atom. The van der Waals surface area contributed by atoms with Crippen molar-refractivity contribution in [3.8, 4) is 0 Å². The second-order valence-electron chi connectivity index (χ2n) is 5.40. The molecule has 2 aromatic rings. The summed E-state index contributed by atoms with van der Waals surface area (Å²) in [5.74, 6) is 0.733. The maximum Gasteiger partial charge on any atom is 0.150 e. The highest BCUT2D eigenvalue weighted by atomic mass is 79.9. The van der Waals surface area contributed by atoms with E-state index in [0.717, 1.165) is 27.5 Å². The molecule has 112 valence electrons. The molecule has 3 N–H and O–H groups in total. The standard InChI is InChI=1S/C14H16BrN3O2S/c15-10-5-11-12(16)1-2-13(14(11)18-7-10)17-6-9-3-4-21(19,20)8-9/h1-2,5,7,9,17H,3-4,6,8,16H2. The molecule has 21 heavy (non-hydrogen) atoms. The Morgan fingerprint density at radius 1 is 1.43 bits per heavy atom. The van der Waals surface area contributed by atoms with Crippen LogP contribution in [0.4, 0.5) is 11.4 Å². The molecule has 1 atom stereocenters. The van der Waals surface area contributed by atoms with Gasteiger partial charge in [-0.2, -0.15) is 0 Å². The van der Waals surface area contributed by atoms with Crippen molar-refractivity contribution < 1.29 is 8.42 Å². The molecule has 3 rings (SSSR count). The van der Waals surface area contributed by atoms with Gasteiger partial charge < -0.3 is 11.1 Å². The number of hydrogen-bond acceptors (Lipinski definition) is 5. The Labute approximate surface area is 132 Å². The maximum atomic E-state index is 11.5. The lowest BCUT2D eigenvalue weighted by Crippen LogP contribution is -2.16. The molecule has 0 amide bonds. The van der Waals surface area contributed by atoms with E-state index in [9.17, 15) is 8.42 Å². The van der Waals surface area contributed by atoms with Crippen LogP contribution in [0.15, 0.2) is 28.9 Å². The number of fused-ring (bicyclic) bond motifs is 1. The average Bonchev–Trinajstić information content (AvgIpc) is 2.78. The molecule has 1 aliphatic heterocycles. The summed E-state index contributed by atoms with van der Waals surface area (Å²) < 4.78 is 23.8. The Hall–Kier alpha value is -1.34. The number of aromatic nitrogens is 1. The molecule has 0 spiro atoms. The van der Waals surface area contributed by atoms with Gasteiger partial charge in [0.2, 0.25) is 0 Å². The van der Waals surface area contributed by atoms with Crippen molar-refractivity contribution in [2.24, 2.45) is 5.92 Å². The number of benzene rings is 1. The van der Waals surface area contributed by atoms with Crippen molar-refractivity contribution in [1.82, 2.24) is 4.98 Å². The number of pyridine rings is 1. The van der Waals surface area contributed by atoms with Gasteiger partial charge in [-0.1, -0.05) is 0 Å². The van der Waals surface area contributed by atoms with Crippen LogP contribution in [0.1, 0.15) is 6.42 Å². The van der Waals surface area contributed by atoms with Gasteiger partial charge in [0.15, 0.2) is 9.84 Å². The molecule has 1 aliphatic rings. The van der Waals surface area contributed by atoms with Crippen molar-refractivity contribution >= 4 is 48.0 Å². The van der Waals surface area contributed by atoms with E-state index in [1.807, 2.05) is 18.2 Å². The number of hydrogen-bond donors (Lipinski definition) is 2. The van der Waals surface area contributed by atoms with Gasteiger partial charge >= 0.3 is 0 Å². The predicted molar refractivity (Wildman–Crippen MR) is 89.1 cm³/mol. The van der Waals surface area contributed by atoms with Crippen molar-refractivity contribution in [3.63, 3.8) is 0 Å². The van der Waals surface area contributed by atoms with Gasteiger partial charge in [-0.3, -0.25) is 4.98 Å². The zero-order valence-corrected chi connectivity index (χ0v) is 13.7. The predicted octanol–water partition coefficient (Wildman–Crippen LogP) is 2.43. The van der Waals surface area contributed by atoms with E-state index in [1.165, 1.54) is 0 Å². The van der Waals surface area contributed by atoms with Gasteiger partial charge in [-0.05, 0) is 46.5 Å². The minimum Gasteiger partial charge on any atom is -0.398 e. The van der Waals surface area contributed by atoms with E-state index < -0.39 is 9.84 Å². The minimum absolute atomic E-state index is 0.165. The van der Waals surface area contributed by atoms with Crippen molar-refractivity contribution in [1.29, 1.82) is 0 Å².